The summed E-state index contributed by atoms with van der Waals surface area (Å²) in [6, 6.07) is 5.46. The van der Waals surface area contributed by atoms with Gasteiger partial charge in [-0.25, -0.2) is 4.79 Å². The predicted octanol–water partition coefficient (Wildman–Crippen LogP) is 3.28. The summed E-state index contributed by atoms with van der Waals surface area (Å²) in [6.07, 6.45) is 1.62. The van der Waals surface area contributed by atoms with E-state index in [1.165, 1.54) is 18.0 Å². The van der Waals surface area contributed by atoms with Crippen molar-refractivity contribution in [1.29, 1.82) is 0 Å². The Bertz CT molecular complexity index is 553. The SMILES string of the molecule is [2H]CSc1coc(=O)c2cc(Br)ccc12. The highest BCUT2D eigenvalue weighted by Crippen LogP contribution is 2.25. The first kappa shape index (κ1) is 8.56. The maximum absolute atomic E-state index is 11.4. The highest BCUT2D eigenvalue weighted by atomic mass is 79.9. The molecule has 2 aromatic rings. The van der Waals surface area contributed by atoms with Gasteiger partial charge in [-0.3, -0.25) is 0 Å². The first-order valence-electron chi connectivity index (χ1n) is 4.56. The van der Waals surface area contributed by atoms with Crippen LogP contribution in [0.2, 0.25) is 0 Å². The van der Waals surface area contributed by atoms with Crippen LogP contribution in [0.15, 0.2) is 43.0 Å². The molecule has 0 radical (unpaired) electrons. The van der Waals surface area contributed by atoms with Crippen LogP contribution in [0.5, 0.6) is 0 Å². The molecule has 0 aliphatic carbocycles. The number of thioether (sulfide) groups is 1. The molecule has 2 nitrogen and oxygen atoms in total. The third-order valence-electron chi connectivity index (χ3n) is 1.90. The van der Waals surface area contributed by atoms with Crippen LogP contribution in [0.25, 0.3) is 10.8 Å². The molecule has 0 saturated carbocycles. The van der Waals surface area contributed by atoms with Crippen molar-refractivity contribution < 1.29 is 5.79 Å². The van der Waals surface area contributed by atoms with E-state index < -0.39 is 0 Å². The fourth-order valence-electron chi connectivity index (χ4n) is 1.25. The number of hydrogen-bond acceptors (Lipinski definition) is 3. The molecule has 0 saturated heterocycles. The zero-order valence-electron chi connectivity index (χ0n) is 8.12. The van der Waals surface area contributed by atoms with E-state index in [9.17, 15) is 4.79 Å². The van der Waals surface area contributed by atoms with Crippen LogP contribution < -0.4 is 5.63 Å². The molecule has 1 aromatic carbocycles. The van der Waals surface area contributed by atoms with Crippen molar-refractivity contribution >= 4 is 38.5 Å². The monoisotopic (exact) mass is 271 g/mol. The lowest BCUT2D eigenvalue weighted by atomic mass is 10.2. The van der Waals surface area contributed by atoms with Crippen LogP contribution in [0, 0.1) is 0 Å². The third-order valence-corrected chi connectivity index (χ3v) is 3.02. The minimum Gasteiger partial charge on any atom is -0.430 e. The molecule has 0 unspecified atom stereocenters. The molecular formula is C10H7BrO2S. The normalized spacial score (nSPS) is 11.6. The highest BCUT2D eigenvalue weighted by Gasteiger charge is 2.05. The molecule has 4 heteroatoms. The van der Waals surface area contributed by atoms with Gasteiger partial charge in [0.05, 0.1) is 10.3 Å². The maximum atomic E-state index is 11.4. The van der Waals surface area contributed by atoms with Gasteiger partial charge in [0.25, 0.3) is 0 Å². The molecular weight excluding hydrogens is 264 g/mol. The lowest BCUT2D eigenvalue weighted by molar-refractivity contribution is 0.509. The van der Waals surface area contributed by atoms with E-state index in [2.05, 4.69) is 15.9 Å². The van der Waals surface area contributed by atoms with Crippen molar-refractivity contribution in [2.75, 3.05) is 6.23 Å². The number of rotatable bonds is 1. The van der Waals surface area contributed by atoms with E-state index in [0.29, 0.717) is 5.39 Å². The molecule has 0 amide bonds. The van der Waals surface area contributed by atoms with Gasteiger partial charge in [0.15, 0.2) is 0 Å². The molecule has 2 rings (SSSR count). The summed E-state index contributed by atoms with van der Waals surface area (Å²) >= 11 is 4.64. The summed E-state index contributed by atoms with van der Waals surface area (Å²) < 4.78 is 12.9. The number of fused-ring (bicyclic) bond motifs is 1. The average Bonchev–Trinajstić information content (AvgIpc) is 2.23. The van der Waals surface area contributed by atoms with Gasteiger partial charge in [-0.05, 0) is 18.4 Å². The Morgan fingerprint density at radius 3 is 3.14 bits per heavy atom. The quantitative estimate of drug-likeness (QED) is 0.746. The van der Waals surface area contributed by atoms with Gasteiger partial charge in [-0.2, -0.15) is 0 Å². The van der Waals surface area contributed by atoms with Gasteiger partial charge < -0.3 is 4.42 Å². The predicted molar refractivity (Wildman–Crippen MR) is 62.0 cm³/mol. The van der Waals surface area contributed by atoms with Crippen LogP contribution in [-0.2, 0) is 0 Å². The number of halogens is 1. The molecule has 72 valence electrons. The first-order chi connectivity index (χ1) is 7.22. The Labute approximate surface area is 94.8 Å². The molecule has 0 bridgehead atoms. The van der Waals surface area contributed by atoms with Crippen LogP contribution in [-0.4, -0.2) is 6.23 Å². The van der Waals surface area contributed by atoms with E-state index in [4.69, 9.17) is 5.79 Å². The summed E-state index contributed by atoms with van der Waals surface area (Å²) in [6.45, 7) is 0. The van der Waals surface area contributed by atoms with Crippen molar-refractivity contribution in [2.24, 2.45) is 0 Å². The summed E-state index contributed by atoms with van der Waals surface area (Å²) in [5.41, 5.74) is -0.347. The van der Waals surface area contributed by atoms with E-state index in [1.807, 2.05) is 12.1 Å². The van der Waals surface area contributed by atoms with Gasteiger partial charge >= 0.3 is 5.63 Å². The second-order valence-corrected chi connectivity index (χ2v) is 4.37. The van der Waals surface area contributed by atoms with Gasteiger partial charge in [0.1, 0.15) is 6.26 Å². The number of hydrogen-bond donors (Lipinski definition) is 0. The molecule has 1 heterocycles. The zero-order valence-corrected chi connectivity index (χ0v) is 9.52. The van der Waals surface area contributed by atoms with Crippen LogP contribution in [0.4, 0.5) is 0 Å². The maximum Gasteiger partial charge on any atom is 0.343 e. The van der Waals surface area contributed by atoms with Crippen LogP contribution in [0.1, 0.15) is 1.37 Å². The molecule has 0 aliphatic rings. The molecule has 0 N–H and O–H groups in total. The smallest absolute Gasteiger partial charge is 0.343 e. The topological polar surface area (TPSA) is 30.2 Å². The van der Waals surface area contributed by atoms with Gasteiger partial charge in [0.2, 0.25) is 0 Å². The van der Waals surface area contributed by atoms with Gasteiger partial charge in [-0.15, -0.1) is 11.8 Å². The van der Waals surface area contributed by atoms with E-state index in [0.717, 1.165) is 14.8 Å². The van der Waals surface area contributed by atoms with Crippen molar-refractivity contribution in [3.05, 3.63) is 39.4 Å². The van der Waals surface area contributed by atoms with Gasteiger partial charge in [0, 0.05) is 11.2 Å². The second-order valence-electron chi connectivity index (χ2n) is 2.72. The Kier molecular flexibility index (Phi) is 2.32. The molecule has 0 spiro atoms. The Morgan fingerprint density at radius 1 is 1.50 bits per heavy atom. The van der Waals surface area contributed by atoms with Crippen molar-refractivity contribution in [1.82, 2.24) is 0 Å². The average molecular weight is 272 g/mol. The molecule has 0 aliphatic heterocycles. The second kappa shape index (κ2) is 3.79. The van der Waals surface area contributed by atoms with E-state index in [-0.39, 0.29) is 11.9 Å². The van der Waals surface area contributed by atoms with Gasteiger partial charge in [-0.1, -0.05) is 22.0 Å². The lowest BCUT2D eigenvalue weighted by Gasteiger charge is -2.01. The van der Waals surface area contributed by atoms with E-state index >= 15 is 0 Å². The molecule has 1 aromatic heterocycles. The zero-order chi connectivity index (χ0) is 10.8. The Balaban J connectivity index is 2.76. The molecule has 0 atom stereocenters. The van der Waals surface area contributed by atoms with Crippen LogP contribution in [0.3, 0.4) is 0 Å². The standard InChI is InChI=1S/C10H7BrO2S/c1-14-9-5-13-10(12)8-4-6(11)2-3-7(8)9/h2-5H,1H3/i1D. The van der Waals surface area contributed by atoms with Crippen LogP contribution >= 0.6 is 27.7 Å². The minimum atomic E-state index is -0.347. The Hall–Kier alpha value is -0.740. The Morgan fingerprint density at radius 2 is 2.36 bits per heavy atom. The van der Waals surface area contributed by atoms with E-state index in [1.54, 1.807) is 6.07 Å². The summed E-state index contributed by atoms with van der Waals surface area (Å²) in [5.74, 6) is 0. The molecule has 0 fully saturated rings. The first-order valence-corrected chi connectivity index (χ1v) is 5.63. The fraction of sp³-hybridized carbons (Fsp3) is 0.100. The highest BCUT2D eigenvalue weighted by molar-refractivity contribution is 9.10. The summed E-state index contributed by atoms with van der Waals surface area (Å²) in [4.78, 5) is 12.3. The van der Waals surface area contributed by atoms with Crippen molar-refractivity contribution in [3.63, 3.8) is 0 Å². The number of benzene rings is 1. The van der Waals surface area contributed by atoms with Crippen molar-refractivity contribution in [2.45, 2.75) is 4.90 Å². The lowest BCUT2D eigenvalue weighted by Crippen LogP contribution is -1.98. The summed E-state index contributed by atoms with van der Waals surface area (Å²) in [7, 11) is 0. The minimum absolute atomic E-state index is 0.207. The van der Waals surface area contributed by atoms with Crippen molar-refractivity contribution in [3.8, 4) is 0 Å². The third kappa shape index (κ3) is 1.60. The largest absolute Gasteiger partial charge is 0.430 e. The summed E-state index contributed by atoms with van der Waals surface area (Å²) in [5, 5.41) is 1.38. The molecule has 14 heavy (non-hydrogen) atoms. The fourth-order valence-corrected chi connectivity index (χ4v) is 2.06.